The second-order valence-electron chi connectivity index (χ2n) is 10.1. The molecule has 1 aliphatic heterocycles. The summed E-state index contributed by atoms with van der Waals surface area (Å²) < 4.78 is 3.55. The van der Waals surface area contributed by atoms with E-state index in [2.05, 4.69) is 10.4 Å². The summed E-state index contributed by atoms with van der Waals surface area (Å²) in [5.41, 5.74) is 3.91. The van der Waals surface area contributed by atoms with Crippen molar-refractivity contribution in [1.82, 2.24) is 24.2 Å². The number of amides is 2. The predicted molar refractivity (Wildman–Crippen MR) is 150 cm³/mol. The number of aromatic nitrogens is 4. The Kier molecular flexibility index (Phi) is 8.04. The van der Waals surface area contributed by atoms with Gasteiger partial charge in [-0.2, -0.15) is 5.10 Å². The number of nitrogens with one attached hydrogen (secondary N) is 1. The number of nitrogens with zero attached hydrogens (tertiary/aromatic N) is 5. The normalized spacial score (nSPS) is 15.1. The molecule has 0 bridgehead atoms. The van der Waals surface area contributed by atoms with Crippen molar-refractivity contribution in [2.75, 3.05) is 18.4 Å². The van der Waals surface area contributed by atoms with E-state index in [4.69, 9.17) is 4.98 Å². The Labute approximate surface area is 232 Å². The highest BCUT2D eigenvalue weighted by atomic mass is 16.4. The Morgan fingerprint density at radius 1 is 1.05 bits per heavy atom. The number of piperidine rings is 1. The summed E-state index contributed by atoms with van der Waals surface area (Å²) in [6, 6.07) is 17.0. The molecule has 0 radical (unpaired) electrons. The van der Waals surface area contributed by atoms with E-state index >= 15 is 0 Å². The van der Waals surface area contributed by atoms with Gasteiger partial charge in [0.25, 0.3) is 5.91 Å². The van der Waals surface area contributed by atoms with Crippen LogP contribution in [0.15, 0.2) is 73.2 Å². The van der Waals surface area contributed by atoms with Crippen LogP contribution < -0.4 is 5.32 Å². The van der Waals surface area contributed by atoms with Crippen molar-refractivity contribution >= 4 is 23.7 Å². The number of aliphatic carboxylic acids is 1. The number of rotatable bonds is 9. The minimum atomic E-state index is -0.845. The van der Waals surface area contributed by atoms with Gasteiger partial charge in [0.2, 0.25) is 11.9 Å². The van der Waals surface area contributed by atoms with E-state index in [1.54, 1.807) is 21.8 Å². The zero-order chi connectivity index (χ0) is 28.1. The maximum absolute atomic E-state index is 13.3. The maximum atomic E-state index is 13.3. The molecule has 1 aliphatic rings. The fourth-order valence-electron chi connectivity index (χ4n) is 4.99. The number of carbonyl (C=O) groups is 3. The van der Waals surface area contributed by atoms with Crippen LogP contribution in [0.3, 0.4) is 0 Å². The molecule has 1 saturated heterocycles. The molecule has 2 aromatic carbocycles. The molecule has 5 rings (SSSR count). The van der Waals surface area contributed by atoms with Crippen molar-refractivity contribution in [3.63, 3.8) is 0 Å². The number of hydrogen-bond donors (Lipinski definition) is 2. The van der Waals surface area contributed by atoms with Crippen LogP contribution in [0.4, 0.5) is 5.95 Å². The third-order valence-electron chi connectivity index (χ3n) is 7.13. The van der Waals surface area contributed by atoms with E-state index in [1.807, 2.05) is 72.5 Å². The van der Waals surface area contributed by atoms with Crippen LogP contribution in [-0.2, 0) is 23.1 Å². The van der Waals surface area contributed by atoms with Crippen molar-refractivity contribution in [1.29, 1.82) is 0 Å². The van der Waals surface area contributed by atoms with E-state index in [0.29, 0.717) is 50.2 Å². The van der Waals surface area contributed by atoms with Crippen LogP contribution in [0.2, 0.25) is 0 Å². The van der Waals surface area contributed by atoms with Gasteiger partial charge in [0.1, 0.15) is 0 Å². The smallest absolute Gasteiger partial charge is 0.308 e. The lowest BCUT2D eigenvalue weighted by Gasteiger charge is -2.30. The van der Waals surface area contributed by atoms with Crippen LogP contribution in [0.1, 0.15) is 41.7 Å². The Hall–Kier alpha value is -4.73. The number of para-hydroxylation sites is 1. The number of carbonyl (C=O) groups excluding carboxylic acids is 2. The summed E-state index contributed by atoms with van der Waals surface area (Å²) in [6.07, 6.45) is 8.27. The van der Waals surface area contributed by atoms with Gasteiger partial charge in [0.15, 0.2) is 0 Å². The minimum Gasteiger partial charge on any atom is -0.481 e. The van der Waals surface area contributed by atoms with Crippen LogP contribution >= 0.6 is 0 Å². The average Bonchev–Trinajstić information content (AvgIpc) is 3.59. The average molecular weight is 541 g/mol. The van der Waals surface area contributed by atoms with Crippen molar-refractivity contribution in [3.8, 4) is 16.8 Å². The molecule has 0 aliphatic carbocycles. The molecule has 2 aromatic heterocycles. The molecule has 40 heavy (non-hydrogen) atoms. The fourth-order valence-corrected chi connectivity index (χ4v) is 4.99. The molecule has 1 atom stereocenters. The molecule has 3 heterocycles. The van der Waals surface area contributed by atoms with Gasteiger partial charge in [-0.25, -0.2) is 4.98 Å². The quantitative estimate of drug-likeness (QED) is 0.329. The van der Waals surface area contributed by atoms with E-state index < -0.39 is 11.9 Å². The number of hydrogen-bond acceptors (Lipinski definition) is 5. The summed E-state index contributed by atoms with van der Waals surface area (Å²) >= 11 is 0. The van der Waals surface area contributed by atoms with Gasteiger partial charge >= 0.3 is 5.97 Å². The SMILES string of the molecule is Cn1cc(-c2cccc(C(=O)Nc3nc(CCCC(=O)N4CCC[C@H](C(=O)O)C4)cn3-c3ccccc3)c2)cn1. The van der Waals surface area contributed by atoms with Gasteiger partial charge in [0.05, 0.1) is 17.8 Å². The first-order valence-corrected chi connectivity index (χ1v) is 13.4. The highest BCUT2D eigenvalue weighted by Gasteiger charge is 2.27. The number of likely N-dealkylation sites (tertiary alicyclic amines) is 1. The molecule has 206 valence electrons. The summed E-state index contributed by atoms with van der Waals surface area (Å²) in [7, 11) is 1.85. The Morgan fingerprint density at radius 3 is 2.62 bits per heavy atom. The van der Waals surface area contributed by atoms with Gasteiger partial charge in [0, 0.05) is 55.8 Å². The molecule has 0 spiro atoms. The topological polar surface area (TPSA) is 122 Å². The molecule has 2 N–H and O–H groups in total. The zero-order valence-corrected chi connectivity index (χ0v) is 22.4. The summed E-state index contributed by atoms with van der Waals surface area (Å²) in [6.45, 7) is 0.873. The van der Waals surface area contributed by atoms with Crippen molar-refractivity contribution in [2.45, 2.75) is 32.1 Å². The lowest BCUT2D eigenvalue weighted by atomic mass is 9.98. The minimum absolute atomic E-state index is 0.0320. The summed E-state index contributed by atoms with van der Waals surface area (Å²) in [4.78, 5) is 43.7. The zero-order valence-electron chi connectivity index (χ0n) is 22.4. The number of imidazole rings is 1. The third-order valence-corrected chi connectivity index (χ3v) is 7.13. The van der Waals surface area contributed by atoms with Crippen molar-refractivity contribution in [3.05, 3.63) is 84.4 Å². The Morgan fingerprint density at radius 2 is 1.88 bits per heavy atom. The van der Waals surface area contributed by atoms with Crippen molar-refractivity contribution in [2.24, 2.45) is 13.0 Å². The standard InChI is InChI=1S/C30H32N6O4/c1-34-18-24(17-31-34)21-8-5-9-22(16-21)28(38)33-30-32-25(20-36(30)26-12-3-2-4-13-26)11-6-14-27(37)35-15-7-10-23(19-35)29(39)40/h2-5,8-9,12-13,16-18,20,23H,6-7,10-11,14-15,19H2,1H3,(H,39,40)(H,32,33,38)/t23-/m0/s1. The molecule has 4 aromatic rings. The summed E-state index contributed by atoms with van der Waals surface area (Å²) in [5.74, 6) is -1.26. The van der Waals surface area contributed by atoms with Gasteiger partial charge in [-0.3, -0.25) is 28.9 Å². The molecule has 2 amide bonds. The molecule has 0 saturated carbocycles. The lowest BCUT2D eigenvalue weighted by Crippen LogP contribution is -2.42. The summed E-state index contributed by atoms with van der Waals surface area (Å²) in [5, 5.41) is 16.5. The van der Waals surface area contributed by atoms with Gasteiger partial charge in [-0.05, 0) is 55.5 Å². The van der Waals surface area contributed by atoms with Gasteiger partial charge in [-0.1, -0.05) is 30.3 Å². The van der Waals surface area contributed by atoms with Crippen LogP contribution in [0.25, 0.3) is 16.8 Å². The fraction of sp³-hybridized carbons (Fsp3) is 0.300. The van der Waals surface area contributed by atoms with E-state index in [-0.39, 0.29) is 18.4 Å². The third kappa shape index (κ3) is 6.28. The number of benzene rings is 2. The largest absolute Gasteiger partial charge is 0.481 e. The molecule has 10 heteroatoms. The number of anilines is 1. The highest BCUT2D eigenvalue weighted by molar-refractivity contribution is 6.04. The second-order valence-corrected chi connectivity index (χ2v) is 10.1. The van der Waals surface area contributed by atoms with Crippen LogP contribution in [-0.4, -0.2) is 60.2 Å². The van der Waals surface area contributed by atoms with Crippen molar-refractivity contribution < 1.29 is 19.5 Å². The van der Waals surface area contributed by atoms with E-state index in [0.717, 1.165) is 22.5 Å². The van der Waals surface area contributed by atoms with Gasteiger partial charge < -0.3 is 10.0 Å². The maximum Gasteiger partial charge on any atom is 0.308 e. The molecule has 10 nitrogen and oxygen atoms in total. The highest BCUT2D eigenvalue weighted by Crippen LogP contribution is 2.23. The second kappa shape index (κ2) is 12.0. The predicted octanol–water partition coefficient (Wildman–Crippen LogP) is 4.17. The van der Waals surface area contributed by atoms with Crippen LogP contribution in [0, 0.1) is 5.92 Å². The number of aryl methyl sites for hydroxylation is 2. The van der Waals surface area contributed by atoms with Crippen LogP contribution in [0.5, 0.6) is 0 Å². The number of carboxylic acid groups (broad SMARTS) is 1. The van der Waals surface area contributed by atoms with E-state index in [9.17, 15) is 19.5 Å². The number of carboxylic acids is 1. The van der Waals surface area contributed by atoms with E-state index in [1.165, 1.54) is 0 Å². The monoisotopic (exact) mass is 540 g/mol. The molecule has 0 unspecified atom stereocenters. The molecule has 1 fully saturated rings. The van der Waals surface area contributed by atoms with Gasteiger partial charge in [-0.15, -0.1) is 0 Å². The first kappa shape index (κ1) is 26.9. The molecular weight excluding hydrogens is 508 g/mol. The lowest BCUT2D eigenvalue weighted by molar-refractivity contribution is -0.145. The Balaban J connectivity index is 1.28. The first-order chi connectivity index (χ1) is 19.4. The molecular formula is C30H32N6O4. The Bertz CT molecular complexity index is 1510. The first-order valence-electron chi connectivity index (χ1n) is 13.4.